The number of thiophene rings is 1. The highest BCUT2D eigenvalue weighted by atomic mass is 35.5. The summed E-state index contributed by atoms with van der Waals surface area (Å²) in [5, 5.41) is 10.3. The second-order valence-electron chi connectivity index (χ2n) is 5.23. The number of hydrogen-bond donors (Lipinski definition) is 2. The molecular formula is C17H13ClN2O3S2. The number of rotatable bonds is 4. The molecule has 0 saturated heterocycles. The molecule has 0 radical (unpaired) electrons. The van der Waals surface area contributed by atoms with Gasteiger partial charge in [-0.25, -0.2) is 13.6 Å². The zero-order valence-corrected chi connectivity index (χ0v) is 15.2. The summed E-state index contributed by atoms with van der Waals surface area (Å²) in [7, 11) is -3.82. The molecule has 0 aliphatic heterocycles. The molecule has 0 aliphatic carbocycles. The van der Waals surface area contributed by atoms with Gasteiger partial charge in [-0.2, -0.15) is 0 Å². The molecule has 0 saturated carbocycles. The maximum atomic E-state index is 12.4. The number of carbonyl (C=O) groups is 1. The molecule has 1 heterocycles. The van der Waals surface area contributed by atoms with Crippen molar-refractivity contribution in [3.05, 3.63) is 69.9 Å². The number of amides is 1. The van der Waals surface area contributed by atoms with Crippen molar-refractivity contribution in [1.29, 1.82) is 0 Å². The van der Waals surface area contributed by atoms with E-state index in [1.165, 1.54) is 29.5 Å². The minimum Gasteiger partial charge on any atom is -0.321 e. The maximum Gasteiger partial charge on any atom is 0.265 e. The van der Waals surface area contributed by atoms with Crippen LogP contribution in [0.2, 0.25) is 5.02 Å². The summed E-state index contributed by atoms with van der Waals surface area (Å²) in [6, 6.07) is 14.9. The number of sulfonamides is 1. The maximum absolute atomic E-state index is 12.4. The van der Waals surface area contributed by atoms with Crippen molar-refractivity contribution >= 4 is 44.6 Å². The zero-order valence-electron chi connectivity index (χ0n) is 12.8. The highest BCUT2D eigenvalue weighted by Gasteiger charge is 2.13. The molecule has 2 aromatic carbocycles. The van der Waals surface area contributed by atoms with Gasteiger partial charge in [0.1, 0.15) is 0 Å². The Hall–Kier alpha value is -2.19. The molecule has 128 valence electrons. The van der Waals surface area contributed by atoms with Crippen LogP contribution in [0.5, 0.6) is 0 Å². The molecule has 0 aliphatic rings. The van der Waals surface area contributed by atoms with Crippen LogP contribution >= 0.6 is 22.9 Å². The number of halogens is 1. The summed E-state index contributed by atoms with van der Waals surface area (Å²) >= 11 is 7.17. The van der Waals surface area contributed by atoms with Gasteiger partial charge in [0.2, 0.25) is 10.0 Å². The predicted octanol–water partition coefficient (Wildman–Crippen LogP) is 3.97. The van der Waals surface area contributed by atoms with Gasteiger partial charge in [0, 0.05) is 10.7 Å². The molecule has 3 rings (SSSR count). The summed E-state index contributed by atoms with van der Waals surface area (Å²) in [5.41, 5.74) is 2.22. The van der Waals surface area contributed by atoms with Crippen LogP contribution in [-0.4, -0.2) is 14.3 Å². The lowest BCUT2D eigenvalue weighted by Crippen LogP contribution is -2.14. The summed E-state index contributed by atoms with van der Waals surface area (Å²) in [5.74, 6) is -0.322. The van der Waals surface area contributed by atoms with E-state index in [4.69, 9.17) is 16.7 Å². The van der Waals surface area contributed by atoms with Crippen molar-refractivity contribution in [2.45, 2.75) is 4.90 Å². The molecule has 8 heteroatoms. The van der Waals surface area contributed by atoms with Crippen molar-refractivity contribution < 1.29 is 13.2 Å². The fourth-order valence-corrected chi connectivity index (χ4v) is 3.69. The molecule has 1 amide bonds. The number of anilines is 1. The average Bonchev–Trinajstić information content (AvgIpc) is 3.05. The van der Waals surface area contributed by atoms with Crippen LogP contribution in [0.1, 0.15) is 9.67 Å². The van der Waals surface area contributed by atoms with Gasteiger partial charge in [0.15, 0.2) is 0 Å². The van der Waals surface area contributed by atoms with E-state index in [1.54, 1.807) is 24.3 Å². The monoisotopic (exact) mass is 392 g/mol. The Morgan fingerprint density at radius 2 is 1.76 bits per heavy atom. The number of benzene rings is 2. The van der Waals surface area contributed by atoms with Crippen LogP contribution in [0, 0.1) is 0 Å². The summed E-state index contributed by atoms with van der Waals surface area (Å²) in [6.45, 7) is 0. The SMILES string of the molecule is NS(=O)(=O)c1cccc(NC(=O)c2cc(-c3ccc(Cl)cc3)cs2)c1. The molecule has 1 aromatic heterocycles. The lowest BCUT2D eigenvalue weighted by atomic mass is 10.1. The third-order valence-electron chi connectivity index (χ3n) is 3.42. The minimum absolute atomic E-state index is 0.0571. The normalized spacial score (nSPS) is 11.3. The number of carbonyl (C=O) groups excluding carboxylic acids is 1. The Balaban J connectivity index is 1.80. The largest absolute Gasteiger partial charge is 0.321 e. The Morgan fingerprint density at radius 3 is 2.44 bits per heavy atom. The second-order valence-corrected chi connectivity index (χ2v) is 8.14. The molecule has 0 bridgehead atoms. The van der Waals surface area contributed by atoms with Crippen molar-refractivity contribution in [2.24, 2.45) is 5.14 Å². The molecule has 5 nitrogen and oxygen atoms in total. The molecule has 0 fully saturated rings. The topological polar surface area (TPSA) is 89.3 Å². The van der Waals surface area contributed by atoms with E-state index >= 15 is 0 Å². The lowest BCUT2D eigenvalue weighted by molar-refractivity contribution is 0.103. The number of nitrogens with two attached hydrogens (primary N) is 1. The van der Waals surface area contributed by atoms with Gasteiger partial charge in [-0.15, -0.1) is 11.3 Å². The van der Waals surface area contributed by atoms with Crippen molar-refractivity contribution in [3.63, 3.8) is 0 Å². The van der Waals surface area contributed by atoms with Gasteiger partial charge in [-0.3, -0.25) is 4.79 Å². The number of primary sulfonamides is 1. The lowest BCUT2D eigenvalue weighted by Gasteiger charge is -2.05. The van der Waals surface area contributed by atoms with Gasteiger partial charge < -0.3 is 5.32 Å². The molecule has 3 aromatic rings. The van der Waals surface area contributed by atoms with Crippen LogP contribution in [-0.2, 0) is 10.0 Å². The average molecular weight is 393 g/mol. The summed E-state index contributed by atoms with van der Waals surface area (Å²) in [6.07, 6.45) is 0. The van der Waals surface area contributed by atoms with E-state index in [0.717, 1.165) is 11.1 Å². The Labute approximate surface area is 154 Å². The highest BCUT2D eigenvalue weighted by Crippen LogP contribution is 2.27. The van der Waals surface area contributed by atoms with Gasteiger partial charge >= 0.3 is 0 Å². The zero-order chi connectivity index (χ0) is 18.0. The molecule has 25 heavy (non-hydrogen) atoms. The minimum atomic E-state index is -3.82. The number of hydrogen-bond acceptors (Lipinski definition) is 4. The van der Waals surface area contributed by atoms with Crippen LogP contribution in [0.15, 0.2) is 64.9 Å². The standard InChI is InChI=1S/C17H13ClN2O3S2/c18-13-6-4-11(5-7-13)12-8-16(24-10-12)17(21)20-14-2-1-3-15(9-14)25(19,22)23/h1-10H,(H,20,21)(H2,19,22,23). The molecule has 0 atom stereocenters. The smallest absolute Gasteiger partial charge is 0.265 e. The van der Waals surface area contributed by atoms with Crippen LogP contribution in [0.25, 0.3) is 11.1 Å². The fourth-order valence-electron chi connectivity index (χ4n) is 2.19. The van der Waals surface area contributed by atoms with Gasteiger partial charge in [0.05, 0.1) is 9.77 Å². The van der Waals surface area contributed by atoms with Crippen LogP contribution in [0.3, 0.4) is 0 Å². The Bertz CT molecular complexity index is 1030. The molecule has 0 spiro atoms. The first-order valence-electron chi connectivity index (χ1n) is 7.11. The van der Waals surface area contributed by atoms with Crippen molar-refractivity contribution in [2.75, 3.05) is 5.32 Å². The van der Waals surface area contributed by atoms with E-state index in [-0.39, 0.29) is 10.8 Å². The highest BCUT2D eigenvalue weighted by molar-refractivity contribution is 7.89. The molecule has 3 N–H and O–H groups in total. The van der Waals surface area contributed by atoms with E-state index in [0.29, 0.717) is 15.6 Å². The summed E-state index contributed by atoms with van der Waals surface area (Å²) < 4.78 is 22.8. The first kappa shape index (κ1) is 17.6. The predicted molar refractivity (Wildman–Crippen MR) is 101 cm³/mol. The second kappa shape index (κ2) is 6.97. The van der Waals surface area contributed by atoms with Crippen LogP contribution < -0.4 is 10.5 Å². The van der Waals surface area contributed by atoms with Gasteiger partial charge in [-0.1, -0.05) is 29.8 Å². The molecule has 0 unspecified atom stereocenters. The van der Waals surface area contributed by atoms with Crippen molar-refractivity contribution in [1.82, 2.24) is 0 Å². The fraction of sp³-hybridized carbons (Fsp3) is 0. The van der Waals surface area contributed by atoms with Crippen molar-refractivity contribution in [3.8, 4) is 11.1 Å². The third-order valence-corrected chi connectivity index (χ3v) is 5.51. The van der Waals surface area contributed by atoms with E-state index in [2.05, 4.69) is 5.32 Å². The number of nitrogens with one attached hydrogen (secondary N) is 1. The summed E-state index contributed by atoms with van der Waals surface area (Å²) in [4.78, 5) is 12.8. The van der Waals surface area contributed by atoms with E-state index in [9.17, 15) is 13.2 Å². The van der Waals surface area contributed by atoms with Gasteiger partial charge in [-0.05, 0) is 52.9 Å². The Morgan fingerprint density at radius 1 is 1.04 bits per heavy atom. The quantitative estimate of drug-likeness (QED) is 0.704. The van der Waals surface area contributed by atoms with Crippen LogP contribution in [0.4, 0.5) is 5.69 Å². The third kappa shape index (κ3) is 4.26. The van der Waals surface area contributed by atoms with Gasteiger partial charge in [0.25, 0.3) is 5.91 Å². The Kier molecular flexibility index (Phi) is 4.91. The van der Waals surface area contributed by atoms with E-state index in [1.807, 2.05) is 17.5 Å². The molecular weight excluding hydrogens is 380 g/mol. The first-order chi connectivity index (χ1) is 11.8. The first-order valence-corrected chi connectivity index (χ1v) is 9.92. The van der Waals surface area contributed by atoms with E-state index < -0.39 is 10.0 Å².